The number of hydrogen-bond acceptors (Lipinski definition) is 4. The number of hydrogen-bond donors (Lipinski definition) is 0. The zero-order valence-corrected chi connectivity index (χ0v) is 18.4. The first kappa shape index (κ1) is 22.0. The number of methoxy groups -OCH3 is 2. The molecular formula is C23H33ClN2O3. The summed E-state index contributed by atoms with van der Waals surface area (Å²) < 4.78 is 10.6. The predicted molar refractivity (Wildman–Crippen MR) is 118 cm³/mol. The van der Waals surface area contributed by atoms with Crippen LogP contribution in [0.1, 0.15) is 44.1 Å². The molecule has 0 spiro atoms. The molecule has 2 aliphatic rings. The average Bonchev–Trinajstić information content (AvgIpc) is 2.98. The van der Waals surface area contributed by atoms with Crippen LogP contribution in [0.2, 0.25) is 5.02 Å². The number of carbonyl (C=O) groups is 1. The van der Waals surface area contributed by atoms with Crippen molar-refractivity contribution in [1.29, 1.82) is 0 Å². The summed E-state index contributed by atoms with van der Waals surface area (Å²) >= 11 is 6.26. The summed E-state index contributed by atoms with van der Waals surface area (Å²) in [6, 6.07) is 3.60. The van der Waals surface area contributed by atoms with Crippen molar-refractivity contribution in [3.63, 3.8) is 0 Å². The Morgan fingerprint density at radius 3 is 2.59 bits per heavy atom. The molecule has 0 radical (unpaired) electrons. The standard InChI is InChI=1S/C23H33ClN2O3/c1-28-21-16-19(15-20(24)23(21)29-2)9-10-22(27)26-12-6-11-25(13-14-26)17-18-7-4-3-5-8-18/h9-10,15-16,18H,3-8,11-14,17H2,1-2H3/b10-9+. The molecular weight excluding hydrogens is 388 g/mol. The van der Waals surface area contributed by atoms with Crippen LogP contribution >= 0.6 is 11.6 Å². The highest BCUT2D eigenvalue weighted by Gasteiger charge is 2.21. The SMILES string of the molecule is COc1cc(/C=C/C(=O)N2CCCN(CC3CCCCC3)CC2)cc(Cl)c1OC. The van der Waals surface area contributed by atoms with E-state index in [0.717, 1.165) is 44.1 Å². The van der Waals surface area contributed by atoms with Gasteiger partial charge in [-0.05, 0) is 55.5 Å². The molecule has 3 rings (SSSR count). The molecule has 0 aromatic heterocycles. The summed E-state index contributed by atoms with van der Waals surface area (Å²) in [5.41, 5.74) is 0.815. The van der Waals surface area contributed by atoms with Gasteiger partial charge in [-0.3, -0.25) is 4.79 Å². The van der Waals surface area contributed by atoms with E-state index in [1.165, 1.54) is 38.6 Å². The highest BCUT2D eigenvalue weighted by Crippen LogP contribution is 2.36. The van der Waals surface area contributed by atoms with Crippen molar-refractivity contribution in [3.05, 3.63) is 28.8 Å². The van der Waals surface area contributed by atoms with Crippen molar-refractivity contribution < 1.29 is 14.3 Å². The zero-order valence-electron chi connectivity index (χ0n) is 17.7. The van der Waals surface area contributed by atoms with Gasteiger partial charge in [0.1, 0.15) is 0 Å². The van der Waals surface area contributed by atoms with E-state index in [0.29, 0.717) is 16.5 Å². The number of rotatable bonds is 6. The fraction of sp³-hybridized carbons (Fsp3) is 0.609. The summed E-state index contributed by atoms with van der Waals surface area (Å²) in [4.78, 5) is 17.2. The van der Waals surface area contributed by atoms with Crippen molar-refractivity contribution in [3.8, 4) is 11.5 Å². The molecule has 1 aliphatic carbocycles. The summed E-state index contributed by atoms with van der Waals surface area (Å²) in [6.07, 6.45) is 11.4. The third-order valence-corrected chi connectivity index (χ3v) is 6.30. The fourth-order valence-corrected chi connectivity index (χ4v) is 4.71. The Kier molecular flexibility index (Phi) is 8.25. The van der Waals surface area contributed by atoms with Gasteiger partial charge in [0.05, 0.1) is 19.2 Å². The van der Waals surface area contributed by atoms with Crippen LogP contribution in [0.4, 0.5) is 0 Å². The topological polar surface area (TPSA) is 42.0 Å². The number of nitrogens with zero attached hydrogens (tertiary/aromatic N) is 2. The Hall–Kier alpha value is -1.72. The Bertz CT molecular complexity index is 716. The molecule has 2 fully saturated rings. The molecule has 160 valence electrons. The largest absolute Gasteiger partial charge is 0.493 e. The minimum absolute atomic E-state index is 0.0513. The molecule has 1 heterocycles. The van der Waals surface area contributed by atoms with Crippen LogP contribution in [-0.2, 0) is 4.79 Å². The molecule has 1 saturated heterocycles. The normalized spacial score (nSPS) is 19.3. The fourth-order valence-electron chi connectivity index (χ4n) is 4.42. The Morgan fingerprint density at radius 1 is 1.07 bits per heavy atom. The van der Waals surface area contributed by atoms with Gasteiger partial charge in [0.25, 0.3) is 0 Å². The van der Waals surface area contributed by atoms with Gasteiger partial charge in [0.2, 0.25) is 5.91 Å². The minimum atomic E-state index is 0.0513. The second kappa shape index (κ2) is 10.9. The van der Waals surface area contributed by atoms with Crippen molar-refractivity contribution >= 4 is 23.6 Å². The molecule has 6 heteroatoms. The number of ether oxygens (including phenoxy) is 2. The smallest absolute Gasteiger partial charge is 0.246 e. The summed E-state index contributed by atoms with van der Waals surface area (Å²) in [5.74, 6) is 1.96. The second-order valence-corrected chi connectivity index (χ2v) is 8.46. The van der Waals surface area contributed by atoms with Crippen LogP contribution in [-0.4, -0.2) is 62.7 Å². The lowest BCUT2D eigenvalue weighted by atomic mass is 9.89. The Labute approximate surface area is 179 Å². The quantitative estimate of drug-likeness (QED) is 0.636. The maximum atomic E-state index is 12.7. The Balaban J connectivity index is 1.56. The second-order valence-electron chi connectivity index (χ2n) is 8.06. The van der Waals surface area contributed by atoms with E-state index in [4.69, 9.17) is 21.1 Å². The van der Waals surface area contributed by atoms with E-state index in [-0.39, 0.29) is 5.91 Å². The van der Waals surface area contributed by atoms with Crippen molar-refractivity contribution in [2.75, 3.05) is 46.9 Å². The molecule has 1 amide bonds. The van der Waals surface area contributed by atoms with E-state index < -0.39 is 0 Å². The first-order chi connectivity index (χ1) is 14.1. The van der Waals surface area contributed by atoms with E-state index >= 15 is 0 Å². The molecule has 1 aromatic rings. The van der Waals surface area contributed by atoms with Crippen LogP contribution in [0, 0.1) is 5.92 Å². The Morgan fingerprint density at radius 2 is 1.86 bits per heavy atom. The molecule has 0 bridgehead atoms. The van der Waals surface area contributed by atoms with Crippen molar-refractivity contribution in [2.24, 2.45) is 5.92 Å². The summed E-state index contributed by atoms with van der Waals surface area (Å²) in [5, 5.41) is 0.465. The van der Waals surface area contributed by atoms with Crippen LogP contribution in [0.5, 0.6) is 11.5 Å². The highest BCUT2D eigenvalue weighted by molar-refractivity contribution is 6.32. The van der Waals surface area contributed by atoms with Gasteiger partial charge < -0.3 is 19.3 Å². The number of benzene rings is 1. The van der Waals surface area contributed by atoms with Gasteiger partial charge in [-0.2, -0.15) is 0 Å². The van der Waals surface area contributed by atoms with Crippen LogP contribution < -0.4 is 9.47 Å². The van der Waals surface area contributed by atoms with E-state index in [2.05, 4.69) is 4.90 Å². The third kappa shape index (κ3) is 6.13. The number of carbonyl (C=O) groups excluding carboxylic acids is 1. The van der Waals surface area contributed by atoms with E-state index in [1.807, 2.05) is 11.0 Å². The molecule has 0 unspecified atom stereocenters. The number of amides is 1. The van der Waals surface area contributed by atoms with Crippen LogP contribution in [0.25, 0.3) is 6.08 Å². The highest BCUT2D eigenvalue weighted by atomic mass is 35.5. The summed E-state index contributed by atoms with van der Waals surface area (Å²) in [7, 11) is 3.13. The van der Waals surface area contributed by atoms with Gasteiger partial charge in [-0.1, -0.05) is 30.9 Å². The van der Waals surface area contributed by atoms with Crippen molar-refractivity contribution in [1.82, 2.24) is 9.80 Å². The molecule has 5 nitrogen and oxygen atoms in total. The third-order valence-electron chi connectivity index (χ3n) is 6.02. The lowest BCUT2D eigenvalue weighted by Gasteiger charge is -2.28. The lowest BCUT2D eigenvalue weighted by molar-refractivity contribution is -0.125. The summed E-state index contributed by atoms with van der Waals surface area (Å²) in [6.45, 7) is 4.87. The minimum Gasteiger partial charge on any atom is -0.493 e. The van der Waals surface area contributed by atoms with Gasteiger partial charge in [0, 0.05) is 32.3 Å². The van der Waals surface area contributed by atoms with Crippen LogP contribution in [0.15, 0.2) is 18.2 Å². The molecule has 0 N–H and O–H groups in total. The van der Waals surface area contributed by atoms with Gasteiger partial charge >= 0.3 is 0 Å². The predicted octanol–water partition coefficient (Wildman–Crippen LogP) is 4.49. The van der Waals surface area contributed by atoms with Crippen molar-refractivity contribution in [2.45, 2.75) is 38.5 Å². The first-order valence-corrected chi connectivity index (χ1v) is 11.1. The molecule has 1 aliphatic heterocycles. The maximum absolute atomic E-state index is 12.7. The van der Waals surface area contributed by atoms with Gasteiger partial charge in [-0.15, -0.1) is 0 Å². The molecule has 0 atom stereocenters. The van der Waals surface area contributed by atoms with Crippen LogP contribution in [0.3, 0.4) is 0 Å². The average molecular weight is 421 g/mol. The molecule has 29 heavy (non-hydrogen) atoms. The van der Waals surface area contributed by atoms with E-state index in [9.17, 15) is 4.79 Å². The van der Waals surface area contributed by atoms with E-state index in [1.54, 1.807) is 32.4 Å². The first-order valence-electron chi connectivity index (χ1n) is 10.7. The lowest BCUT2D eigenvalue weighted by Crippen LogP contribution is -2.36. The molecule has 1 saturated carbocycles. The monoisotopic (exact) mass is 420 g/mol. The maximum Gasteiger partial charge on any atom is 0.246 e. The number of halogens is 1. The van der Waals surface area contributed by atoms with Gasteiger partial charge in [0.15, 0.2) is 11.5 Å². The molecule has 1 aromatic carbocycles. The zero-order chi connectivity index (χ0) is 20.6. The van der Waals surface area contributed by atoms with Gasteiger partial charge in [-0.25, -0.2) is 0 Å².